The van der Waals surface area contributed by atoms with Crippen molar-refractivity contribution in [1.29, 1.82) is 0 Å². The van der Waals surface area contributed by atoms with Gasteiger partial charge in [0, 0.05) is 0 Å². The third-order valence-electron chi connectivity index (χ3n) is 3.70. The van der Waals surface area contributed by atoms with Gasteiger partial charge in [0.1, 0.15) is 0 Å². The van der Waals surface area contributed by atoms with E-state index in [0.29, 0.717) is 0 Å². The first-order chi connectivity index (χ1) is 10.9. The second kappa shape index (κ2) is 10.6. The molecular formula is C20H27AsO. The third kappa shape index (κ3) is 5.99. The van der Waals surface area contributed by atoms with E-state index in [9.17, 15) is 0 Å². The van der Waals surface area contributed by atoms with E-state index in [1.807, 2.05) is 0 Å². The Kier molecular flexibility index (Phi) is 8.38. The molecule has 2 heteroatoms. The Labute approximate surface area is 140 Å². The van der Waals surface area contributed by atoms with Gasteiger partial charge < -0.3 is 0 Å². The van der Waals surface area contributed by atoms with E-state index in [0.717, 1.165) is 6.61 Å². The van der Waals surface area contributed by atoms with Crippen LogP contribution in [0.3, 0.4) is 0 Å². The van der Waals surface area contributed by atoms with Crippen molar-refractivity contribution in [3.63, 3.8) is 0 Å². The summed E-state index contributed by atoms with van der Waals surface area (Å²) in [5.74, 6) is 0. The second-order valence-electron chi connectivity index (χ2n) is 5.57. The van der Waals surface area contributed by atoms with Crippen LogP contribution in [0.25, 0.3) is 0 Å². The van der Waals surface area contributed by atoms with Crippen molar-refractivity contribution in [1.82, 2.24) is 0 Å². The number of hydrogen-bond acceptors (Lipinski definition) is 1. The maximum absolute atomic E-state index is 6.37. The van der Waals surface area contributed by atoms with Crippen molar-refractivity contribution in [2.45, 2.75) is 45.4 Å². The fourth-order valence-corrected chi connectivity index (χ4v) is 6.23. The Hall–Kier alpha value is -1.04. The van der Waals surface area contributed by atoms with E-state index >= 15 is 0 Å². The van der Waals surface area contributed by atoms with E-state index in [2.05, 4.69) is 67.6 Å². The third-order valence-corrected chi connectivity index (χ3v) is 7.84. The molecule has 0 bridgehead atoms. The molecule has 2 aromatic carbocycles. The number of hydrogen-bond donors (Lipinski definition) is 0. The predicted molar refractivity (Wildman–Crippen MR) is 97.2 cm³/mol. The Morgan fingerprint density at radius 3 is 1.73 bits per heavy atom. The molecule has 0 N–H and O–H groups in total. The fourth-order valence-electron chi connectivity index (χ4n) is 2.46. The molecule has 0 spiro atoms. The minimum atomic E-state index is -1.59. The molecule has 2 rings (SSSR count). The van der Waals surface area contributed by atoms with Gasteiger partial charge in [-0.1, -0.05) is 0 Å². The monoisotopic (exact) mass is 358 g/mol. The van der Waals surface area contributed by atoms with Crippen LogP contribution in [0.15, 0.2) is 60.7 Å². The molecule has 0 fully saturated rings. The molecule has 0 aliphatic rings. The molecular weight excluding hydrogens is 331 g/mol. The van der Waals surface area contributed by atoms with E-state index in [-0.39, 0.29) is 0 Å². The predicted octanol–water partition coefficient (Wildman–Crippen LogP) is 4.17. The zero-order valence-electron chi connectivity index (χ0n) is 13.6. The maximum atomic E-state index is 6.37. The van der Waals surface area contributed by atoms with E-state index in [1.54, 1.807) is 0 Å². The summed E-state index contributed by atoms with van der Waals surface area (Å²) >= 11 is -1.59. The SMILES string of the molecule is CCCCCCCCO[As](c1ccccc1)c1ccccc1. The quantitative estimate of drug-likeness (QED) is 0.458. The summed E-state index contributed by atoms with van der Waals surface area (Å²) in [5.41, 5.74) is 0. The normalized spacial score (nSPS) is 11.0. The van der Waals surface area contributed by atoms with Crippen LogP contribution in [0, 0.1) is 0 Å². The summed E-state index contributed by atoms with van der Waals surface area (Å²) in [6, 6.07) is 21.5. The molecule has 0 atom stereocenters. The summed E-state index contributed by atoms with van der Waals surface area (Å²) in [7, 11) is 0. The van der Waals surface area contributed by atoms with Gasteiger partial charge in [0.05, 0.1) is 0 Å². The molecule has 0 radical (unpaired) electrons. The van der Waals surface area contributed by atoms with Crippen molar-refractivity contribution in [3.05, 3.63) is 60.7 Å². The first-order valence-electron chi connectivity index (χ1n) is 8.45. The van der Waals surface area contributed by atoms with Gasteiger partial charge in [-0.05, 0) is 0 Å². The summed E-state index contributed by atoms with van der Waals surface area (Å²) in [4.78, 5) is 0. The molecule has 0 saturated heterocycles. The van der Waals surface area contributed by atoms with Gasteiger partial charge in [-0.2, -0.15) is 0 Å². The van der Waals surface area contributed by atoms with Crippen molar-refractivity contribution in [2.24, 2.45) is 0 Å². The van der Waals surface area contributed by atoms with Crippen molar-refractivity contribution >= 4 is 23.7 Å². The molecule has 0 aliphatic heterocycles. The molecule has 22 heavy (non-hydrogen) atoms. The van der Waals surface area contributed by atoms with Crippen LogP contribution in [0.2, 0.25) is 0 Å². The molecule has 0 heterocycles. The zero-order valence-corrected chi connectivity index (χ0v) is 15.5. The Morgan fingerprint density at radius 1 is 0.682 bits per heavy atom. The number of unbranched alkanes of at least 4 members (excludes halogenated alkanes) is 5. The Morgan fingerprint density at radius 2 is 1.18 bits per heavy atom. The summed E-state index contributed by atoms with van der Waals surface area (Å²) in [6.07, 6.45) is 7.89. The van der Waals surface area contributed by atoms with Crippen LogP contribution in [0.5, 0.6) is 0 Å². The van der Waals surface area contributed by atoms with Crippen LogP contribution in [0.1, 0.15) is 45.4 Å². The fraction of sp³-hybridized carbons (Fsp3) is 0.400. The molecule has 0 unspecified atom stereocenters. The van der Waals surface area contributed by atoms with E-state index < -0.39 is 15.0 Å². The molecule has 0 aliphatic carbocycles. The summed E-state index contributed by atoms with van der Waals surface area (Å²) in [6.45, 7) is 3.16. The summed E-state index contributed by atoms with van der Waals surface area (Å²) < 4.78 is 9.13. The van der Waals surface area contributed by atoms with Crippen LogP contribution in [-0.2, 0) is 3.73 Å². The van der Waals surface area contributed by atoms with Gasteiger partial charge in [0.2, 0.25) is 0 Å². The van der Waals surface area contributed by atoms with Gasteiger partial charge in [-0.3, -0.25) is 0 Å². The molecule has 1 nitrogen and oxygen atoms in total. The summed E-state index contributed by atoms with van der Waals surface area (Å²) in [5, 5.41) is 0. The van der Waals surface area contributed by atoms with Crippen LogP contribution >= 0.6 is 0 Å². The molecule has 0 aromatic heterocycles. The standard InChI is InChI=1S/C20H27AsO/c1-2-3-4-5-6-13-18-22-21(19-14-9-7-10-15-19)20-16-11-8-12-17-20/h7-12,14-17H,2-6,13,18H2,1H3. The van der Waals surface area contributed by atoms with Gasteiger partial charge in [0.15, 0.2) is 0 Å². The number of benzene rings is 2. The van der Waals surface area contributed by atoms with Crippen LogP contribution in [-0.4, -0.2) is 21.6 Å². The van der Waals surface area contributed by atoms with Gasteiger partial charge >= 0.3 is 140 Å². The molecule has 118 valence electrons. The number of rotatable bonds is 10. The average molecular weight is 358 g/mol. The first kappa shape index (κ1) is 17.3. The average Bonchev–Trinajstić information content (AvgIpc) is 2.59. The molecule has 2 aromatic rings. The topological polar surface area (TPSA) is 9.23 Å². The minimum absolute atomic E-state index is 0.899. The van der Waals surface area contributed by atoms with Crippen molar-refractivity contribution in [3.8, 4) is 0 Å². The van der Waals surface area contributed by atoms with Gasteiger partial charge in [-0.15, -0.1) is 0 Å². The van der Waals surface area contributed by atoms with Crippen LogP contribution in [0.4, 0.5) is 0 Å². The van der Waals surface area contributed by atoms with E-state index in [1.165, 1.54) is 47.2 Å². The Balaban J connectivity index is 1.87. The molecule has 0 amide bonds. The van der Waals surface area contributed by atoms with Crippen molar-refractivity contribution in [2.75, 3.05) is 6.61 Å². The second-order valence-corrected chi connectivity index (χ2v) is 9.51. The Bertz CT molecular complexity index is 458. The zero-order chi connectivity index (χ0) is 15.5. The van der Waals surface area contributed by atoms with Gasteiger partial charge in [-0.25, -0.2) is 0 Å². The van der Waals surface area contributed by atoms with Gasteiger partial charge in [0.25, 0.3) is 0 Å². The van der Waals surface area contributed by atoms with E-state index in [4.69, 9.17) is 3.73 Å². The van der Waals surface area contributed by atoms with Crippen LogP contribution < -0.4 is 8.70 Å². The van der Waals surface area contributed by atoms with Crippen molar-refractivity contribution < 1.29 is 3.73 Å². The molecule has 0 saturated carbocycles. The first-order valence-corrected chi connectivity index (χ1v) is 11.1.